The first kappa shape index (κ1) is 11.1. The van der Waals surface area contributed by atoms with Gasteiger partial charge in [-0.05, 0) is 18.2 Å². The van der Waals surface area contributed by atoms with Crippen molar-refractivity contribution in [2.45, 2.75) is 0 Å². The number of hydrogen-bond donors (Lipinski definition) is 2. The fraction of sp³-hybridized carbons (Fsp3) is 0.0833. The quantitative estimate of drug-likeness (QED) is 0.796. The molecule has 0 aliphatic heterocycles. The highest BCUT2D eigenvalue weighted by Crippen LogP contribution is 2.39. The minimum atomic E-state index is -1.09. The van der Waals surface area contributed by atoms with Crippen LogP contribution in [0, 0.1) is 0 Å². The smallest absolute Gasteiger partial charge is 0.328 e. The van der Waals surface area contributed by atoms with Crippen molar-refractivity contribution in [3.63, 3.8) is 0 Å². The minimum absolute atomic E-state index is 0.146. The lowest BCUT2D eigenvalue weighted by Gasteiger charge is -2.06. The third kappa shape index (κ3) is 1.94. The molecule has 5 nitrogen and oxygen atoms in total. The second-order valence-electron chi connectivity index (χ2n) is 3.36. The number of hydrogen-bond acceptors (Lipinski definition) is 4. The molecule has 88 valence electrons. The summed E-state index contributed by atoms with van der Waals surface area (Å²) < 4.78 is 10.2. The Morgan fingerprint density at radius 3 is 2.94 bits per heavy atom. The zero-order valence-corrected chi connectivity index (χ0v) is 9.01. The first-order valence-corrected chi connectivity index (χ1v) is 4.81. The molecular formula is C12H10O5. The molecule has 0 saturated carbocycles. The average Bonchev–Trinajstić information content (AvgIpc) is 2.74. The lowest BCUT2D eigenvalue weighted by Crippen LogP contribution is -1.89. The van der Waals surface area contributed by atoms with Gasteiger partial charge in [-0.2, -0.15) is 0 Å². The van der Waals surface area contributed by atoms with Crippen LogP contribution in [0.25, 0.3) is 17.0 Å². The van der Waals surface area contributed by atoms with Crippen molar-refractivity contribution < 1.29 is 24.2 Å². The van der Waals surface area contributed by atoms with E-state index in [1.54, 1.807) is 12.1 Å². The Kier molecular flexibility index (Phi) is 2.74. The highest BCUT2D eigenvalue weighted by Gasteiger charge is 2.14. The first-order chi connectivity index (χ1) is 8.13. The SMILES string of the molecule is COc1c(O)c(/C=C/C(=O)O)cc2ccoc12. The molecule has 0 fully saturated rings. The fourth-order valence-corrected chi connectivity index (χ4v) is 1.57. The lowest BCUT2D eigenvalue weighted by atomic mass is 10.1. The summed E-state index contributed by atoms with van der Waals surface area (Å²) in [4.78, 5) is 10.4. The summed E-state index contributed by atoms with van der Waals surface area (Å²) in [7, 11) is 1.40. The zero-order chi connectivity index (χ0) is 12.4. The number of carboxylic acids is 1. The Balaban J connectivity index is 2.63. The molecule has 0 aliphatic carbocycles. The topological polar surface area (TPSA) is 79.9 Å². The molecule has 0 amide bonds. The van der Waals surface area contributed by atoms with E-state index in [9.17, 15) is 9.90 Å². The maximum absolute atomic E-state index is 10.4. The molecule has 2 N–H and O–H groups in total. The molecule has 0 saturated heterocycles. The summed E-state index contributed by atoms with van der Waals surface area (Å²) in [6, 6.07) is 3.32. The second kappa shape index (κ2) is 4.21. The van der Waals surface area contributed by atoms with Gasteiger partial charge in [0, 0.05) is 17.0 Å². The molecule has 0 unspecified atom stereocenters. The van der Waals surface area contributed by atoms with Crippen LogP contribution in [-0.4, -0.2) is 23.3 Å². The van der Waals surface area contributed by atoms with E-state index < -0.39 is 5.97 Å². The number of phenols is 1. The predicted molar refractivity (Wildman–Crippen MR) is 61.1 cm³/mol. The van der Waals surface area contributed by atoms with Crippen molar-refractivity contribution >= 4 is 23.0 Å². The fourth-order valence-electron chi connectivity index (χ4n) is 1.57. The summed E-state index contributed by atoms with van der Waals surface area (Å²) in [5.41, 5.74) is 0.788. The van der Waals surface area contributed by atoms with Crippen molar-refractivity contribution in [3.8, 4) is 11.5 Å². The Morgan fingerprint density at radius 1 is 1.53 bits per heavy atom. The molecule has 2 aromatic rings. The number of ether oxygens (including phenoxy) is 1. The molecular weight excluding hydrogens is 224 g/mol. The summed E-state index contributed by atoms with van der Waals surface area (Å²) in [5, 5.41) is 19.2. The third-order valence-corrected chi connectivity index (χ3v) is 2.31. The number of carbonyl (C=O) groups is 1. The predicted octanol–water partition coefficient (Wildman–Crippen LogP) is 2.24. The summed E-state index contributed by atoms with van der Waals surface area (Å²) in [6.07, 6.45) is 3.71. The van der Waals surface area contributed by atoms with Crippen LogP contribution in [0.15, 0.2) is 28.9 Å². The van der Waals surface area contributed by atoms with Gasteiger partial charge >= 0.3 is 5.97 Å². The van der Waals surface area contributed by atoms with Crippen molar-refractivity contribution in [1.82, 2.24) is 0 Å². The van der Waals surface area contributed by atoms with Gasteiger partial charge in [0.15, 0.2) is 11.3 Å². The third-order valence-electron chi connectivity index (χ3n) is 2.31. The number of benzene rings is 1. The van der Waals surface area contributed by atoms with Crippen molar-refractivity contribution in [2.24, 2.45) is 0 Å². The molecule has 0 radical (unpaired) electrons. The molecule has 17 heavy (non-hydrogen) atoms. The number of aromatic hydroxyl groups is 1. The van der Waals surface area contributed by atoms with Gasteiger partial charge in [0.25, 0.3) is 0 Å². The van der Waals surface area contributed by atoms with E-state index in [2.05, 4.69) is 0 Å². The lowest BCUT2D eigenvalue weighted by molar-refractivity contribution is -0.131. The van der Waals surface area contributed by atoms with Crippen molar-refractivity contribution in [2.75, 3.05) is 7.11 Å². The molecule has 0 atom stereocenters. The Hall–Kier alpha value is -2.43. The van der Waals surface area contributed by atoms with Gasteiger partial charge in [0.05, 0.1) is 13.4 Å². The maximum atomic E-state index is 10.4. The molecule has 0 aliphatic rings. The second-order valence-corrected chi connectivity index (χ2v) is 3.36. The summed E-state index contributed by atoms with van der Waals surface area (Å²) >= 11 is 0. The number of fused-ring (bicyclic) bond motifs is 1. The number of methoxy groups -OCH3 is 1. The number of carboxylic acid groups (broad SMARTS) is 1. The van der Waals surface area contributed by atoms with Crippen LogP contribution in [0.5, 0.6) is 11.5 Å². The van der Waals surface area contributed by atoms with E-state index in [0.717, 1.165) is 11.5 Å². The van der Waals surface area contributed by atoms with Crippen LogP contribution in [0.4, 0.5) is 0 Å². The largest absolute Gasteiger partial charge is 0.504 e. The Bertz CT molecular complexity index is 594. The Morgan fingerprint density at radius 2 is 2.29 bits per heavy atom. The molecule has 0 spiro atoms. The first-order valence-electron chi connectivity index (χ1n) is 4.81. The Labute approximate surface area is 96.5 Å². The van der Waals surface area contributed by atoms with Crippen molar-refractivity contribution in [1.29, 1.82) is 0 Å². The number of phenolic OH excluding ortho intramolecular Hbond substituents is 1. The molecule has 1 heterocycles. The monoisotopic (exact) mass is 234 g/mol. The van der Waals surface area contributed by atoms with Gasteiger partial charge in [-0.1, -0.05) is 0 Å². The molecule has 2 rings (SSSR count). The number of aliphatic carboxylic acids is 1. The highest BCUT2D eigenvalue weighted by molar-refractivity contribution is 5.92. The summed E-state index contributed by atoms with van der Waals surface area (Å²) in [5.74, 6) is -1.04. The van der Waals surface area contributed by atoms with Gasteiger partial charge in [-0.15, -0.1) is 0 Å². The molecule has 1 aromatic carbocycles. The van der Waals surface area contributed by atoms with Crippen LogP contribution in [-0.2, 0) is 4.79 Å². The molecule has 5 heteroatoms. The van der Waals surface area contributed by atoms with Gasteiger partial charge in [0.1, 0.15) is 0 Å². The normalized spacial score (nSPS) is 11.1. The van der Waals surface area contributed by atoms with Crippen LogP contribution >= 0.6 is 0 Å². The van der Waals surface area contributed by atoms with E-state index >= 15 is 0 Å². The summed E-state index contributed by atoms with van der Waals surface area (Å²) in [6.45, 7) is 0. The van der Waals surface area contributed by atoms with Crippen LogP contribution in [0.3, 0.4) is 0 Å². The highest BCUT2D eigenvalue weighted by atomic mass is 16.5. The van der Waals surface area contributed by atoms with E-state index in [1.807, 2.05) is 0 Å². The van der Waals surface area contributed by atoms with E-state index in [1.165, 1.54) is 19.4 Å². The van der Waals surface area contributed by atoms with E-state index in [-0.39, 0.29) is 11.5 Å². The molecule has 0 bridgehead atoms. The maximum Gasteiger partial charge on any atom is 0.328 e. The van der Waals surface area contributed by atoms with Crippen LogP contribution < -0.4 is 4.74 Å². The van der Waals surface area contributed by atoms with Gasteiger partial charge < -0.3 is 19.4 Å². The van der Waals surface area contributed by atoms with Crippen LogP contribution in [0.2, 0.25) is 0 Å². The van der Waals surface area contributed by atoms with Gasteiger partial charge in [0.2, 0.25) is 5.75 Å². The van der Waals surface area contributed by atoms with E-state index in [0.29, 0.717) is 11.1 Å². The molecule has 1 aromatic heterocycles. The minimum Gasteiger partial charge on any atom is -0.504 e. The number of rotatable bonds is 3. The van der Waals surface area contributed by atoms with E-state index in [4.69, 9.17) is 14.3 Å². The van der Waals surface area contributed by atoms with Crippen molar-refractivity contribution in [3.05, 3.63) is 30.0 Å². The average molecular weight is 234 g/mol. The standard InChI is InChI=1S/C12H10O5/c1-16-12-10(15)7(2-3-9(13)14)6-8-4-5-17-11(8)12/h2-6,15H,1H3,(H,13,14)/b3-2+. The van der Waals surface area contributed by atoms with Crippen LogP contribution in [0.1, 0.15) is 5.56 Å². The van der Waals surface area contributed by atoms with Gasteiger partial charge in [-0.3, -0.25) is 0 Å². The number of furan rings is 1. The zero-order valence-electron chi connectivity index (χ0n) is 9.01. The van der Waals surface area contributed by atoms with Gasteiger partial charge in [-0.25, -0.2) is 4.79 Å².